The van der Waals surface area contributed by atoms with E-state index in [-0.39, 0.29) is 6.10 Å². The second kappa shape index (κ2) is 4.44. The summed E-state index contributed by atoms with van der Waals surface area (Å²) in [6.45, 7) is 0.694. The van der Waals surface area contributed by atoms with E-state index < -0.39 is 0 Å². The summed E-state index contributed by atoms with van der Waals surface area (Å²) in [5, 5.41) is 0. The van der Waals surface area contributed by atoms with E-state index in [2.05, 4.69) is 18.2 Å². The molecule has 3 heteroatoms. The maximum atomic E-state index is 6.22. The fourth-order valence-corrected chi connectivity index (χ4v) is 3.07. The Hall–Kier alpha value is -2.16. The fourth-order valence-electron chi connectivity index (χ4n) is 3.07. The summed E-state index contributed by atoms with van der Waals surface area (Å²) in [4.78, 5) is 0. The molecule has 102 valence electrons. The molecule has 0 amide bonds. The van der Waals surface area contributed by atoms with Crippen LogP contribution in [-0.4, -0.2) is 13.7 Å². The summed E-state index contributed by atoms with van der Waals surface area (Å²) < 4.78 is 17.4. The first-order chi connectivity index (χ1) is 9.85. The SMILES string of the molecule is COc1ccc2c(c1)OC[C@H]1Cc3ccccc3O[C@@H]21. The standard InChI is InChI=1S/C17H16O3/c1-18-13-6-7-14-16(9-13)19-10-12-8-11-4-2-3-5-15(11)20-17(12)14/h2-7,9,12,17H,8,10H2,1H3/t12-,17-/m1/s1. The molecule has 2 aromatic rings. The number of methoxy groups -OCH3 is 1. The summed E-state index contributed by atoms with van der Waals surface area (Å²) in [5.74, 6) is 3.08. The predicted octanol–water partition coefficient (Wildman–Crippen LogP) is 3.38. The van der Waals surface area contributed by atoms with Gasteiger partial charge in [-0.25, -0.2) is 0 Å². The smallest absolute Gasteiger partial charge is 0.134 e. The third-order valence-corrected chi connectivity index (χ3v) is 4.12. The van der Waals surface area contributed by atoms with E-state index in [4.69, 9.17) is 14.2 Å². The van der Waals surface area contributed by atoms with Crippen molar-refractivity contribution in [2.45, 2.75) is 12.5 Å². The van der Waals surface area contributed by atoms with E-state index in [0.29, 0.717) is 12.5 Å². The Balaban J connectivity index is 1.74. The van der Waals surface area contributed by atoms with E-state index in [1.165, 1.54) is 5.56 Å². The van der Waals surface area contributed by atoms with Crippen molar-refractivity contribution in [1.29, 1.82) is 0 Å². The van der Waals surface area contributed by atoms with Gasteiger partial charge < -0.3 is 14.2 Å². The zero-order chi connectivity index (χ0) is 13.5. The highest BCUT2D eigenvalue weighted by atomic mass is 16.5. The topological polar surface area (TPSA) is 27.7 Å². The Bertz CT molecular complexity index is 650. The molecule has 2 aliphatic heterocycles. The van der Waals surface area contributed by atoms with Crippen LogP contribution in [0.1, 0.15) is 17.2 Å². The molecule has 0 saturated carbocycles. The molecule has 2 heterocycles. The van der Waals surface area contributed by atoms with E-state index in [0.717, 1.165) is 29.2 Å². The normalized spacial score (nSPS) is 22.6. The Labute approximate surface area is 118 Å². The van der Waals surface area contributed by atoms with Gasteiger partial charge in [0.2, 0.25) is 0 Å². The van der Waals surface area contributed by atoms with Crippen molar-refractivity contribution < 1.29 is 14.2 Å². The summed E-state index contributed by atoms with van der Waals surface area (Å²) in [5.41, 5.74) is 2.39. The molecule has 0 saturated heterocycles. The highest BCUT2D eigenvalue weighted by molar-refractivity contribution is 5.46. The predicted molar refractivity (Wildman–Crippen MR) is 75.5 cm³/mol. The van der Waals surface area contributed by atoms with Gasteiger partial charge in [0.1, 0.15) is 23.4 Å². The van der Waals surface area contributed by atoms with E-state index in [1.807, 2.05) is 24.3 Å². The minimum absolute atomic E-state index is 0.0829. The minimum Gasteiger partial charge on any atom is -0.497 e. The molecule has 2 aromatic carbocycles. The Morgan fingerprint density at radius 2 is 2.00 bits per heavy atom. The number of fused-ring (bicyclic) bond motifs is 4. The average Bonchev–Trinajstić information content (AvgIpc) is 2.52. The third-order valence-electron chi connectivity index (χ3n) is 4.12. The van der Waals surface area contributed by atoms with Crippen LogP contribution in [0.4, 0.5) is 0 Å². The number of hydrogen-bond donors (Lipinski definition) is 0. The first-order valence-corrected chi connectivity index (χ1v) is 6.90. The number of para-hydroxylation sites is 1. The van der Waals surface area contributed by atoms with Gasteiger partial charge in [-0.05, 0) is 30.2 Å². The van der Waals surface area contributed by atoms with Crippen molar-refractivity contribution in [2.75, 3.05) is 13.7 Å². The van der Waals surface area contributed by atoms with Crippen molar-refractivity contribution in [3.63, 3.8) is 0 Å². The lowest BCUT2D eigenvalue weighted by atomic mass is 9.85. The van der Waals surface area contributed by atoms with Gasteiger partial charge in [-0.1, -0.05) is 18.2 Å². The highest BCUT2D eigenvalue weighted by Crippen LogP contribution is 2.45. The van der Waals surface area contributed by atoms with Crippen molar-refractivity contribution in [1.82, 2.24) is 0 Å². The van der Waals surface area contributed by atoms with Crippen LogP contribution >= 0.6 is 0 Å². The van der Waals surface area contributed by atoms with Gasteiger partial charge >= 0.3 is 0 Å². The summed E-state index contributed by atoms with van der Waals surface area (Å²) in [6.07, 6.45) is 1.09. The van der Waals surface area contributed by atoms with Crippen molar-refractivity contribution in [2.24, 2.45) is 5.92 Å². The van der Waals surface area contributed by atoms with Gasteiger partial charge in [0, 0.05) is 17.5 Å². The zero-order valence-corrected chi connectivity index (χ0v) is 11.3. The summed E-state index contributed by atoms with van der Waals surface area (Å²) in [7, 11) is 1.67. The zero-order valence-electron chi connectivity index (χ0n) is 11.3. The Morgan fingerprint density at radius 1 is 1.10 bits per heavy atom. The van der Waals surface area contributed by atoms with Crippen molar-refractivity contribution in [3.05, 3.63) is 53.6 Å². The molecular weight excluding hydrogens is 252 g/mol. The molecule has 0 aromatic heterocycles. The fraction of sp³-hybridized carbons (Fsp3) is 0.294. The van der Waals surface area contributed by atoms with Crippen LogP contribution in [0.5, 0.6) is 17.2 Å². The van der Waals surface area contributed by atoms with E-state index in [1.54, 1.807) is 7.11 Å². The second-order valence-electron chi connectivity index (χ2n) is 5.33. The lowest BCUT2D eigenvalue weighted by Crippen LogP contribution is -2.34. The molecule has 0 fully saturated rings. The van der Waals surface area contributed by atoms with Gasteiger partial charge in [-0.15, -0.1) is 0 Å². The minimum atomic E-state index is 0.0829. The molecule has 0 N–H and O–H groups in total. The van der Waals surface area contributed by atoms with Gasteiger partial charge in [-0.3, -0.25) is 0 Å². The van der Waals surface area contributed by atoms with E-state index >= 15 is 0 Å². The van der Waals surface area contributed by atoms with Gasteiger partial charge in [-0.2, -0.15) is 0 Å². The first-order valence-electron chi connectivity index (χ1n) is 6.90. The molecule has 20 heavy (non-hydrogen) atoms. The molecule has 0 unspecified atom stereocenters. The largest absolute Gasteiger partial charge is 0.497 e. The van der Waals surface area contributed by atoms with Crippen LogP contribution in [0.25, 0.3) is 0 Å². The maximum absolute atomic E-state index is 6.22. The lowest BCUT2D eigenvalue weighted by Gasteiger charge is -2.38. The highest BCUT2D eigenvalue weighted by Gasteiger charge is 2.36. The quantitative estimate of drug-likeness (QED) is 0.793. The molecular formula is C17H16O3. The van der Waals surface area contributed by atoms with Crippen LogP contribution in [0, 0.1) is 5.92 Å². The second-order valence-corrected chi connectivity index (χ2v) is 5.33. The van der Waals surface area contributed by atoms with Crippen LogP contribution in [0.15, 0.2) is 42.5 Å². The lowest BCUT2D eigenvalue weighted by molar-refractivity contribution is 0.0542. The van der Waals surface area contributed by atoms with Gasteiger partial charge in [0.25, 0.3) is 0 Å². The number of rotatable bonds is 1. The molecule has 0 bridgehead atoms. The number of hydrogen-bond acceptors (Lipinski definition) is 3. The molecule has 0 spiro atoms. The molecule has 2 aliphatic rings. The number of benzene rings is 2. The maximum Gasteiger partial charge on any atom is 0.134 e. The summed E-state index contributed by atoms with van der Waals surface area (Å²) in [6, 6.07) is 14.2. The van der Waals surface area contributed by atoms with Gasteiger partial charge in [0.05, 0.1) is 13.7 Å². The molecule has 2 atom stereocenters. The average molecular weight is 268 g/mol. The van der Waals surface area contributed by atoms with E-state index in [9.17, 15) is 0 Å². The molecule has 3 nitrogen and oxygen atoms in total. The van der Waals surface area contributed by atoms with Crippen LogP contribution in [0.3, 0.4) is 0 Å². The van der Waals surface area contributed by atoms with Crippen LogP contribution < -0.4 is 14.2 Å². The molecule has 4 rings (SSSR count). The first kappa shape index (κ1) is 11.6. The van der Waals surface area contributed by atoms with Gasteiger partial charge in [0.15, 0.2) is 0 Å². The monoisotopic (exact) mass is 268 g/mol. The van der Waals surface area contributed by atoms with Crippen molar-refractivity contribution in [3.8, 4) is 17.2 Å². The Morgan fingerprint density at radius 3 is 2.90 bits per heavy atom. The van der Waals surface area contributed by atoms with Crippen LogP contribution in [-0.2, 0) is 6.42 Å². The summed E-state index contributed by atoms with van der Waals surface area (Å²) >= 11 is 0. The molecule has 0 radical (unpaired) electrons. The third kappa shape index (κ3) is 1.73. The molecule has 0 aliphatic carbocycles. The van der Waals surface area contributed by atoms with Crippen LogP contribution in [0.2, 0.25) is 0 Å². The Kier molecular flexibility index (Phi) is 2.59. The number of ether oxygens (including phenoxy) is 3. The van der Waals surface area contributed by atoms with Crippen molar-refractivity contribution >= 4 is 0 Å².